The molecule has 0 radical (unpaired) electrons. The predicted molar refractivity (Wildman–Crippen MR) is 257 cm³/mol. The number of rotatable bonds is 7. The van der Waals surface area contributed by atoms with Crippen molar-refractivity contribution in [1.29, 1.82) is 0 Å². The van der Waals surface area contributed by atoms with Gasteiger partial charge in [0.1, 0.15) is 11.2 Å². The Morgan fingerprint density at radius 3 is 1.72 bits per heavy atom. The third-order valence-corrected chi connectivity index (χ3v) is 12.2. The van der Waals surface area contributed by atoms with E-state index in [-0.39, 0.29) is 0 Å². The number of anilines is 3. The van der Waals surface area contributed by atoms with E-state index in [4.69, 9.17) is 4.42 Å². The highest BCUT2D eigenvalue weighted by molar-refractivity contribution is 6.11. The molecule has 0 atom stereocenters. The van der Waals surface area contributed by atoms with Gasteiger partial charge in [0.05, 0.1) is 22.4 Å². The highest BCUT2D eigenvalue weighted by Gasteiger charge is 2.20. The zero-order chi connectivity index (χ0) is 40.3. The molecule has 0 saturated carbocycles. The standard InChI is InChI=1S/C58H38N2O/c1-2-21-45-39(16-1)17-14-32-53(45)59(42-36-34-40(35-37-42)44-20-3-4-23-47(44)51-27-15-28-52-50-26-8-12-33-57(50)61-58(51)52)43-19-13-18-41(38-43)46-22-5-9-29-54(46)60-55-30-10-6-24-48(55)49-25-7-11-31-56(49)60/h1-38H. The third kappa shape index (κ3) is 5.74. The molecule has 2 aromatic heterocycles. The summed E-state index contributed by atoms with van der Waals surface area (Å²) < 4.78 is 8.93. The second-order valence-corrected chi connectivity index (χ2v) is 15.6. The lowest BCUT2D eigenvalue weighted by atomic mass is 9.93. The lowest BCUT2D eigenvalue weighted by molar-refractivity contribution is 0.670. The van der Waals surface area contributed by atoms with Gasteiger partial charge in [-0.2, -0.15) is 0 Å². The van der Waals surface area contributed by atoms with Crippen molar-refractivity contribution in [2.75, 3.05) is 4.90 Å². The molecule has 286 valence electrons. The largest absolute Gasteiger partial charge is 0.455 e. The number of hydrogen-bond acceptors (Lipinski definition) is 2. The molecular weight excluding hydrogens is 741 g/mol. The van der Waals surface area contributed by atoms with E-state index in [9.17, 15) is 0 Å². The monoisotopic (exact) mass is 778 g/mol. The second kappa shape index (κ2) is 14.3. The summed E-state index contributed by atoms with van der Waals surface area (Å²) in [6.45, 7) is 0. The number of benzene rings is 10. The van der Waals surface area contributed by atoms with E-state index < -0.39 is 0 Å². The van der Waals surface area contributed by atoms with Crippen LogP contribution in [0, 0.1) is 0 Å². The van der Waals surface area contributed by atoms with Gasteiger partial charge in [0.25, 0.3) is 0 Å². The first-order chi connectivity index (χ1) is 30.3. The molecule has 0 N–H and O–H groups in total. The summed E-state index contributed by atoms with van der Waals surface area (Å²) in [5.74, 6) is 0. The molecule has 12 rings (SSSR count). The summed E-state index contributed by atoms with van der Waals surface area (Å²) in [6.07, 6.45) is 0. The van der Waals surface area contributed by atoms with Crippen molar-refractivity contribution in [3.63, 3.8) is 0 Å². The highest BCUT2D eigenvalue weighted by atomic mass is 16.3. The molecule has 0 fully saturated rings. The van der Waals surface area contributed by atoms with E-state index in [1.54, 1.807) is 0 Å². The van der Waals surface area contributed by atoms with Gasteiger partial charge in [-0.3, -0.25) is 0 Å². The number of furan rings is 1. The summed E-state index contributed by atoms with van der Waals surface area (Å²) in [5, 5.41) is 7.15. The van der Waals surface area contributed by atoms with Crippen LogP contribution in [0.5, 0.6) is 0 Å². The van der Waals surface area contributed by atoms with Crippen molar-refractivity contribution in [2.45, 2.75) is 0 Å². The maximum Gasteiger partial charge on any atom is 0.143 e. The van der Waals surface area contributed by atoms with Crippen LogP contribution < -0.4 is 4.90 Å². The normalized spacial score (nSPS) is 11.6. The molecule has 0 spiro atoms. The average molecular weight is 779 g/mol. The van der Waals surface area contributed by atoms with Crippen molar-refractivity contribution in [3.8, 4) is 39.1 Å². The summed E-state index contributed by atoms with van der Waals surface area (Å²) >= 11 is 0. The number of aromatic nitrogens is 1. The number of nitrogens with zero attached hydrogens (tertiary/aromatic N) is 2. The fourth-order valence-electron chi connectivity index (χ4n) is 9.46. The molecule has 0 unspecified atom stereocenters. The third-order valence-electron chi connectivity index (χ3n) is 12.2. The zero-order valence-electron chi connectivity index (χ0n) is 33.2. The Bertz CT molecular complexity index is 3550. The Labute approximate surface area is 353 Å². The molecule has 0 amide bonds. The quantitative estimate of drug-likeness (QED) is 0.161. The van der Waals surface area contributed by atoms with Crippen LogP contribution in [0.4, 0.5) is 17.1 Å². The van der Waals surface area contributed by atoms with Crippen LogP contribution in [0.25, 0.3) is 93.6 Å². The first-order valence-corrected chi connectivity index (χ1v) is 20.8. The van der Waals surface area contributed by atoms with E-state index in [0.29, 0.717) is 0 Å². The van der Waals surface area contributed by atoms with Gasteiger partial charge in [-0.15, -0.1) is 0 Å². The van der Waals surface area contributed by atoms with Gasteiger partial charge in [-0.25, -0.2) is 0 Å². The predicted octanol–water partition coefficient (Wildman–Crippen LogP) is 16.3. The molecule has 3 nitrogen and oxygen atoms in total. The second-order valence-electron chi connectivity index (χ2n) is 15.6. The van der Waals surface area contributed by atoms with Gasteiger partial charge in [0, 0.05) is 49.4 Å². The molecule has 0 bridgehead atoms. The Morgan fingerprint density at radius 2 is 0.918 bits per heavy atom. The molecule has 3 heteroatoms. The van der Waals surface area contributed by atoms with Crippen molar-refractivity contribution in [2.24, 2.45) is 0 Å². The molecule has 12 aromatic rings. The van der Waals surface area contributed by atoms with Crippen molar-refractivity contribution >= 4 is 71.6 Å². The first-order valence-electron chi connectivity index (χ1n) is 20.8. The van der Waals surface area contributed by atoms with Crippen LogP contribution in [0.15, 0.2) is 235 Å². The van der Waals surface area contributed by atoms with Gasteiger partial charge in [-0.1, -0.05) is 176 Å². The molecular formula is C58H38N2O. The Balaban J connectivity index is 0.999. The van der Waals surface area contributed by atoms with E-state index >= 15 is 0 Å². The lowest BCUT2D eigenvalue weighted by Gasteiger charge is -2.28. The van der Waals surface area contributed by atoms with E-state index in [1.165, 1.54) is 38.1 Å². The highest BCUT2D eigenvalue weighted by Crippen LogP contribution is 2.44. The van der Waals surface area contributed by atoms with Crippen LogP contribution >= 0.6 is 0 Å². The van der Waals surface area contributed by atoms with Gasteiger partial charge in [0.2, 0.25) is 0 Å². The molecule has 2 heterocycles. The SMILES string of the molecule is c1cc(-c2ccccc2-n2c3ccccc3c3ccccc32)cc(N(c2ccc(-c3ccccc3-c3cccc4c3oc3ccccc34)cc2)c2cccc3ccccc23)c1. The summed E-state index contributed by atoms with van der Waals surface area (Å²) in [7, 11) is 0. The molecule has 10 aromatic carbocycles. The van der Waals surface area contributed by atoms with Crippen LogP contribution in [0.3, 0.4) is 0 Å². The smallest absolute Gasteiger partial charge is 0.143 e. The molecule has 0 aliphatic carbocycles. The van der Waals surface area contributed by atoms with Crippen LogP contribution in [-0.2, 0) is 0 Å². The van der Waals surface area contributed by atoms with Gasteiger partial charge in [-0.05, 0) is 82.2 Å². The zero-order valence-corrected chi connectivity index (χ0v) is 33.2. The maximum atomic E-state index is 6.51. The fourth-order valence-corrected chi connectivity index (χ4v) is 9.46. The number of hydrogen-bond donors (Lipinski definition) is 0. The van der Waals surface area contributed by atoms with Crippen molar-refractivity contribution < 1.29 is 4.42 Å². The fraction of sp³-hybridized carbons (Fsp3) is 0. The van der Waals surface area contributed by atoms with E-state index in [2.05, 4.69) is 228 Å². The Hall–Kier alpha value is -8.14. The first kappa shape index (κ1) is 34.9. The summed E-state index contributed by atoms with van der Waals surface area (Å²) in [6, 6.07) is 82.9. The minimum atomic E-state index is 0.902. The number of fused-ring (bicyclic) bond motifs is 7. The summed E-state index contributed by atoms with van der Waals surface area (Å²) in [4.78, 5) is 2.40. The molecule has 0 saturated heterocycles. The Morgan fingerprint density at radius 1 is 0.344 bits per heavy atom. The lowest BCUT2D eigenvalue weighted by Crippen LogP contribution is -2.10. The van der Waals surface area contributed by atoms with Crippen molar-refractivity contribution in [3.05, 3.63) is 231 Å². The van der Waals surface area contributed by atoms with E-state index in [1.807, 2.05) is 12.1 Å². The van der Waals surface area contributed by atoms with Crippen molar-refractivity contribution in [1.82, 2.24) is 4.57 Å². The minimum Gasteiger partial charge on any atom is -0.455 e. The van der Waals surface area contributed by atoms with E-state index in [0.717, 1.165) is 72.5 Å². The van der Waals surface area contributed by atoms with Gasteiger partial charge < -0.3 is 13.9 Å². The van der Waals surface area contributed by atoms with Crippen LogP contribution in [-0.4, -0.2) is 4.57 Å². The molecule has 0 aliphatic rings. The van der Waals surface area contributed by atoms with Gasteiger partial charge in [0.15, 0.2) is 0 Å². The van der Waals surface area contributed by atoms with Crippen LogP contribution in [0.1, 0.15) is 0 Å². The topological polar surface area (TPSA) is 21.3 Å². The van der Waals surface area contributed by atoms with Gasteiger partial charge >= 0.3 is 0 Å². The van der Waals surface area contributed by atoms with Crippen LogP contribution in [0.2, 0.25) is 0 Å². The average Bonchev–Trinajstić information content (AvgIpc) is 3.88. The molecule has 61 heavy (non-hydrogen) atoms. The molecule has 0 aliphatic heterocycles. The maximum absolute atomic E-state index is 6.51. The minimum absolute atomic E-state index is 0.902. The summed E-state index contributed by atoms with van der Waals surface area (Å²) in [5.41, 5.74) is 15.5. The Kier molecular flexibility index (Phi) is 8.17. The number of para-hydroxylation sites is 5.